The molecule has 0 spiro atoms. The zero-order chi connectivity index (χ0) is 55.1. The van der Waals surface area contributed by atoms with Crippen LogP contribution in [0.15, 0.2) is 113 Å². The van der Waals surface area contributed by atoms with Gasteiger partial charge in [0.05, 0.1) is 12.1 Å². The molecule has 0 saturated carbocycles. The van der Waals surface area contributed by atoms with Gasteiger partial charge >= 0.3 is 5.97 Å². The summed E-state index contributed by atoms with van der Waals surface area (Å²) in [7, 11) is 0. The molecule has 6 N–H and O–H groups in total. The van der Waals surface area contributed by atoms with E-state index in [9.17, 15) is 39.0 Å². The Kier molecular flexibility index (Phi) is 21.1. The number of aliphatic hydroxyl groups excluding tert-OH is 2. The van der Waals surface area contributed by atoms with E-state index in [0.29, 0.717) is 45.6 Å². The number of carbonyl (C=O) groups is 6. The van der Waals surface area contributed by atoms with E-state index < -0.39 is 71.9 Å². The van der Waals surface area contributed by atoms with E-state index in [-0.39, 0.29) is 23.9 Å². The van der Waals surface area contributed by atoms with E-state index in [1.807, 2.05) is 118 Å². The fourth-order valence-corrected chi connectivity index (χ4v) is 11.7. The molecule has 2 aromatic carbocycles. The van der Waals surface area contributed by atoms with Crippen LogP contribution in [0, 0.1) is 0 Å². The number of nitrogens with one attached hydrogen (secondary N) is 3. The van der Waals surface area contributed by atoms with Gasteiger partial charge in [-0.1, -0.05) is 78.9 Å². The molecule has 18 nitrogen and oxygen atoms in total. The maximum absolute atomic E-state index is 13.4. The number of hydrogen-bond acceptors (Lipinski definition) is 15. The molecule has 0 bridgehead atoms. The second kappa shape index (κ2) is 27.6. The fourth-order valence-electron chi connectivity index (χ4n) is 9.58. The van der Waals surface area contributed by atoms with Crippen molar-refractivity contribution in [1.29, 1.82) is 0 Å². The number of carboxylic acids is 1. The summed E-state index contributed by atoms with van der Waals surface area (Å²) in [4.78, 5) is 81.0. The predicted molar refractivity (Wildman–Crippen MR) is 291 cm³/mol. The summed E-state index contributed by atoms with van der Waals surface area (Å²) < 4.78 is 22.3. The lowest BCUT2D eigenvalue weighted by Crippen LogP contribution is -2.50. The lowest BCUT2D eigenvalue weighted by molar-refractivity contribution is -0.166. The average molecular weight is 1120 g/mol. The van der Waals surface area contributed by atoms with Crippen molar-refractivity contribution in [2.75, 3.05) is 32.7 Å². The number of ether oxygens (including phenoxy) is 4. The Balaban J connectivity index is 0.000000171. The second-order valence-corrected chi connectivity index (χ2v) is 22.8. The van der Waals surface area contributed by atoms with Gasteiger partial charge in [0, 0.05) is 47.4 Å². The Labute approximate surface area is 460 Å². The molecule has 7 heterocycles. The Bertz CT molecular complexity index is 2670. The molecule has 5 aromatic rings. The quantitative estimate of drug-likeness (QED) is 0.0609. The molecule has 4 saturated heterocycles. The smallest absolute Gasteiger partial charge is 0.336 e. The van der Waals surface area contributed by atoms with E-state index in [0.717, 1.165) is 53.0 Å². The van der Waals surface area contributed by atoms with Crippen LogP contribution in [-0.4, -0.2) is 142 Å². The minimum atomic E-state index is -1.78. The van der Waals surface area contributed by atoms with Crippen LogP contribution in [0.5, 0.6) is 0 Å². The highest BCUT2D eigenvalue weighted by Crippen LogP contribution is 2.37. The van der Waals surface area contributed by atoms with Crippen molar-refractivity contribution in [3.05, 3.63) is 139 Å². The van der Waals surface area contributed by atoms with Crippen molar-refractivity contribution in [3.63, 3.8) is 0 Å². The summed E-state index contributed by atoms with van der Waals surface area (Å²) in [5.74, 6) is -5.54. The molecular formula is C56H69N5O13S3. The Morgan fingerprint density at radius 2 is 0.948 bits per heavy atom. The molecule has 3 aromatic heterocycles. The first-order chi connectivity index (χ1) is 36.9. The van der Waals surface area contributed by atoms with Crippen molar-refractivity contribution in [2.45, 2.75) is 133 Å². The molecule has 8 atom stereocenters. The number of carboxylic acid groups (broad SMARTS) is 1. The summed E-state index contributed by atoms with van der Waals surface area (Å²) in [6, 6.07) is 31.3. The zero-order valence-electron chi connectivity index (χ0n) is 43.6. The molecule has 9 rings (SSSR count). The highest BCUT2D eigenvalue weighted by atomic mass is 32.1. The summed E-state index contributed by atoms with van der Waals surface area (Å²) in [6.45, 7) is 9.09. The van der Waals surface area contributed by atoms with Gasteiger partial charge < -0.3 is 60.0 Å². The number of aliphatic hydroxyl groups is 2. The van der Waals surface area contributed by atoms with Crippen molar-refractivity contribution in [3.8, 4) is 0 Å². The summed E-state index contributed by atoms with van der Waals surface area (Å²) in [6.07, 6.45) is -2.27. The number of carbonyl (C=O) groups excluding carboxylic acids is 5. The number of aliphatic carboxylic acids is 1. The molecule has 4 aliphatic rings. The molecule has 5 amide bonds. The van der Waals surface area contributed by atoms with Crippen LogP contribution in [0.3, 0.4) is 0 Å². The maximum Gasteiger partial charge on any atom is 0.336 e. The van der Waals surface area contributed by atoms with E-state index in [4.69, 9.17) is 24.1 Å². The standard InChI is InChI=1S/C23H28N2O4S.C20H24N2O4S.C13H17NO5S/c1-23(2)28-19(21(26)24-13-12-17-10-7-15-30-17)20(29-23)22(27)25-14-6-11-18(25)16-8-4-3-5-9-16;23-17(19(25)21-11-10-15-8-5-13-27-15)18(24)20(26)22-12-4-9-16(22)14-6-2-1-3-7-14;1-13(2)18-9(10(19-13)12(16)17)11(15)14-6-5-8-4-3-7-20-8/h3-5,7-10,15,18-20H,6,11-14H2,1-2H3,(H,24,26);1-3,5-8,13,16-18,23-24H,4,9-12H2,(H,21,25);3-4,7,9-10H,5-6H2,1-2H3,(H,14,15)(H,16,17)/t18-,19-,20-;16-,17-,18-;9-,10-/m111/s1. The lowest BCUT2D eigenvalue weighted by Gasteiger charge is -2.28. The van der Waals surface area contributed by atoms with Gasteiger partial charge in [0.15, 0.2) is 48.2 Å². The number of thiophene rings is 3. The van der Waals surface area contributed by atoms with Crippen LogP contribution in [0.2, 0.25) is 0 Å². The first-order valence-electron chi connectivity index (χ1n) is 25.8. The normalized spacial score (nSPS) is 22.9. The summed E-state index contributed by atoms with van der Waals surface area (Å²) >= 11 is 4.85. The maximum atomic E-state index is 13.4. The highest BCUT2D eigenvalue weighted by molar-refractivity contribution is 7.10. The molecule has 4 fully saturated rings. The monoisotopic (exact) mass is 1120 g/mol. The Hall–Kier alpha value is -5.88. The van der Waals surface area contributed by atoms with Crippen molar-refractivity contribution < 1.29 is 63.0 Å². The van der Waals surface area contributed by atoms with Crippen molar-refractivity contribution in [1.82, 2.24) is 25.8 Å². The third-order valence-corrected chi connectivity index (χ3v) is 16.0. The van der Waals surface area contributed by atoms with Crippen LogP contribution in [0.1, 0.15) is 91.2 Å². The van der Waals surface area contributed by atoms with Gasteiger partial charge in [0.2, 0.25) is 0 Å². The molecule has 414 valence electrons. The van der Waals surface area contributed by atoms with Crippen LogP contribution in [0.4, 0.5) is 0 Å². The summed E-state index contributed by atoms with van der Waals surface area (Å²) in [5.41, 5.74) is 2.10. The molecule has 0 unspecified atom stereocenters. The molecule has 4 aliphatic heterocycles. The molecule has 21 heteroatoms. The first kappa shape index (κ1) is 58.8. The van der Waals surface area contributed by atoms with Crippen LogP contribution >= 0.6 is 34.0 Å². The lowest BCUT2D eigenvalue weighted by atomic mass is 10.0. The largest absolute Gasteiger partial charge is 0.479 e. The van der Waals surface area contributed by atoms with Gasteiger partial charge in [-0.05, 0) is 118 Å². The van der Waals surface area contributed by atoms with E-state index >= 15 is 0 Å². The van der Waals surface area contributed by atoms with Crippen LogP contribution in [0.25, 0.3) is 0 Å². The topological polar surface area (TPSA) is 243 Å². The summed E-state index contributed by atoms with van der Waals surface area (Å²) in [5, 5.41) is 43.6. The van der Waals surface area contributed by atoms with Crippen molar-refractivity contribution in [2.24, 2.45) is 0 Å². The van der Waals surface area contributed by atoms with Gasteiger partial charge in [-0.2, -0.15) is 0 Å². The van der Waals surface area contributed by atoms with Gasteiger partial charge in [0.25, 0.3) is 29.5 Å². The first-order valence-corrected chi connectivity index (χ1v) is 28.5. The molecule has 77 heavy (non-hydrogen) atoms. The van der Waals surface area contributed by atoms with E-state index in [2.05, 4.69) is 16.0 Å². The number of benzene rings is 2. The minimum Gasteiger partial charge on any atom is -0.479 e. The third-order valence-electron chi connectivity index (χ3n) is 13.2. The van der Waals surface area contributed by atoms with Gasteiger partial charge in [-0.15, -0.1) is 34.0 Å². The SMILES string of the molecule is CC1(C)O[C@@H](C(=O)NCCc2cccs2)[C@H](C(=O)N2CCC[C@@H]2c2ccccc2)O1.CC1(C)O[C@@H](C(=O)O)[C@H](C(=O)NCCc2cccs2)O1.O=C(NCCc1cccs1)[C@H](O)[C@@H](O)C(=O)N1CCC[C@@H]1c1ccccc1. The molecule has 0 radical (unpaired) electrons. The molecular weight excluding hydrogens is 1050 g/mol. The van der Waals surface area contributed by atoms with E-state index in [1.165, 1.54) is 4.88 Å². The van der Waals surface area contributed by atoms with Crippen LogP contribution in [-0.2, 0) is 67.0 Å². The minimum absolute atomic E-state index is 0.00792. The number of nitrogens with zero attached hydrogens (tertiary/aromatic N) is 2. The fraction of sp³-hybridized carbons (Fsp3) is 0.464. The third kappa shape index (κ3) is 16.3. The number of amides is 5. The Morgan fingerprint density at radius 3 is 1.39 bits per heavy atom. The highest BCUT2D eigenvalue weighted by Gasteiger charge is 2.52. The Morgan fingerprint density at radius 1 is 0.545 bits per heavy atom. The average Bonchev–Trinajstić information content (AvgIpc) is 4.35. The number of likely N-dealkylation sites (tertiary alicyclic amines) is 2. The zero-order valence-corrected chi connectivity index (χ0v) is 46.1. The van der Waals surface area contributed by atoms with Gasteiger partial charge in [-0.25, -0.2) is 4.79 Å². The number of rotatable bonds is 18. The molecule has 0 aliphatic carbocycles. The van der Waals surface area contributed by atoms with Crippen LogP contribution < -0.4 is 16.0 Å². The van der Waals surface area contributed by atoms with Gasteiger partial charge in [-0.3, -0.25) is 24.0 Å². The van der Waals surface area contributed by atoms with E-state index in [1.54, 1.807) is 66.6 Å². The van der Waals surface area contributed by atoms with Gasteiger partial charge in [0.1, 0.15) is 0 Å². The van der Waals surface area contributed by atoms with Crippen molar-refractivity contribution >= 4 is 69.5 Å². The number of hydrogen-bond donors (Lipinski definition) is 6. The second-order valence-electron chi connectivity index (χ2n) is 19.7. The predicted octanol–water partition coefficient (Wildman–Crippen LogP) is 5.79.